The molecule has 102 valence electrons. The van der Waals surface area contributed by atoms with Crippen LogP contribution >= 0.6 is 0 Å². The molecule has 1 atom stereocenters. The topological polar surface area (TPSA) is 29.5 Å². The molecule has 0 saturated heterocycles. The van der Waals surface area contributed by atoms with Crippen LogP contribution in [-0.2, 0) is 11.2 Å². The first-order chi connectivity index (χ1) is 8.42. The molecule has 0 amide bonds. The van der Waals surface area contributed by atoms with Crippen LogP contribution in [0, 0.1) is 0 Å². The van der Waals surface area contributed by atoms with Gasteiger partial charge in [-0.05, 0) is 17.5 Å². The zero-order valence-corrected chi connectivity index (χ0v) is 10.2. The fourth-order valence-electron chi connectivity index (χ4n) is 1.57. The summed E-state index contributed by atoms with van der Waals surface area (Å²) >= 11 is 0. The van der Waals surface area contributed by atoms with E-state index in [1.54, 1.807) is 6.07 Å². The molecule has 2 nitrogen and oxygen atoms in total. The van der Waals surface area contributed by atoms with Gasteiger partial charge in [0.05, 0.1) is 6.10 Å². The van der Waals surface area contributed by atoms with Crippen molar-refractivity contribution in [2.45, 2.75) is 32.0 Å². The lowest BCUT2D eigenvalue weighted by Crippen LogP contribution is -2.18. The molecule has 0 radical (unpaired) electrons. The number of alkyl halides is 3. The molecule has 0 aliphatic rings. The Kier molecular flexibility index (Phi) is 5.62. The molecule has 0 fully saturated rings. The highest BCUT2D eigenvalue weighted by Crippen LogP contribution is 2.19. The molecule has 18 heavy (non-hydrogen) atoms. The van der Waals surface area contributed by atoms with Crippen molar-refractivity contribution in [3.63, 3.8) is 0 Å². The summed E-state index contributed by atoms with van der Waals surface area (Å²) in [5, 5.41) is 9.81. The van der Waals surface area contributed by atoms with E-state index >= 15 is 0 Å². The van der Waals surface area contributed by atoms with Gasteiger partial charge in [-0.1, -0.05) is 31.2 Å². The third-order valence-electron chi connectivity index (χ3n) is 2.55. The quantitative estimate of drug-likeness (QED) is 0.797. The molecule has 1 rings (SSSR count). The lowest BCUT2D eigenvalue weighted by Gasteiger charge is -2.13. The highest BCUT2D eigenvalue weighted by Gasteiger charge is 2.27. The summed E-state index contributed by atoms with van der Waals surface area (Å²) in [5.41, 5.74) is 1.80. The van der Waals surface area contributed by atoms with Crippen LogP contribution in [0.3, 0.4) is 0 Å². The molecule has 0 heterocycles. The van der Waals surface area contributed by atoms with Gasteiger partial charge in [-0.25, -0.2) is 0 Å². The number of ether oxygens (including phenoxy) is 1. The minimum atomic E-state index is -4.31. The molecule has 0 bridgehead atoms. The lowest BCUT2D eigenvalue weighted by molar-refractivity contribution is -0.175. The van der Waals surface area contributed by atoms with Crippen LogP contribution in [-0.4, -0.2) is 24.5 Å². The largest absolute Gasteiger partial charge is 0.411 e. The standard InChI is InChI=1S/C13H17F3O2/c1-2-10-4-3-5-11(8-10)12(17)6-7-18-9-13(14,15)16/h3-5,8,12,17H,2,6-7,9H2,1H3. The van der Waals surface area contributed by atoms with Crippen molar-refractivity contribution in [3.05, 3.63) is 35.4 Å². The minimum Gasteiger partial charge on any atom is -0.388 e. The van der Waals surface area contributed by atoms with Crippen molar-refractivity contribution in [2.24, 2.45) is 0 Å². The van der Waals surface area contributed by atoms with Gasteiger partial charge in [0.1, 0.15) is 6.61 Å². The summed E-state index contributed by atoms with van der Waals surface area (Å²) in [6.07, 6.45) is -4.09. The van der Waals surface area contributed by atoms with Gasteiger partial charge in [-0.3, -0.25) is 0 Å². The second-order valence-corrected chi connectivity index (χ2v) is 4.07. The first kappa shape index (κ1) is 15.0. The van der Waals surface area contributed by atoms with Crippen LogP contribution in [0.15, 0.2) is 24.3 Å². The van der Waals surface area contributed by atoms with Gasteiger partial charge in [-0.2, -0.15) is 13.2 Å². The number of benzene rings is 1. The third kappa shape index (κ3) is 5.51. The van der Waals surface area contributed by atoms with Gasteiger partial charge in [0.25, 0.3) is 0 Å². The zero-order chi connectivity index (χ0) is 13.6. The predicted octanol–water partition coefficient (Wildman–Crippen LogP) is 3.25. The summed E-state index contributed by atoms with van der Waals surface area (Å²) in [7, 11) is 0. The van der Waals surface area contributed by atoms with E-state index in [0.29, 0.717) is 5.56 Å². The van der Waals surface area contributed by atoms with Gasteiger partial charge in [0.15, 0.2) is 0 Å². The average molecular weight is 262 g/mol. The van der Waals surface area contributed by atoms with Crippen molar-refractivity contribution < 1.29 is 23.0 Å². The molecule has 5 heteroatoms. The Hall–Kier alpha value is -1.07. The van der Waals surface area contributed by atoms with Gasteiger partial charge < -0.3 is 9.84 Å². The molecule has 0 aliphatic carbocycles. The Morgan fingerprint density at radius 2 is 2.06 bits per heavy atom. The molecule has 0 spiro atoms. The Morgan fingerprint density at radius 3 is 2.67 bits per heavy atom. The lowest BCUT2D eigenvalue weighted by atomic mass is 10.0. The summed E-state index contributed by atoms with van der Waals surface area (Å²) in [4.78, 5) is 0. The van der Waals surface area contributed by atoms with Gasteiger partial charge in [0.2, 0.25) is 0 Å². The predicted molar refractivity (Wildman–Crippen MR) is 62.3 cm³/mol. The van der Waals surface area contributed by atoms with Gasteiger partial charge in [0, 0.05) is 13.0 Å². The average Bonchev–Trinajstić information content (AvgIpc) is 2.33. The Labute approximate surface area is 104 Å². The molecule has 0 saturated carbocycles. The minimum absolute atomic E-state index is 0.114. The molecule has 0 aliphatic heterocycles. The zero-order valence-electron chi connectivity index (χ0n) is 10.2. The van der Waals surface area contributed by atoms with E-state index in [-0.39, 0.29) is 13.0 Å². The molecular formula is C13H17F3O2. The smallest absolute Gasteiger partial charge is 0.388 e. The first-order valence-electron chi connectivity index (χ1n) is 5.84. The third-order valence-corrected chi connectivity index (χ3v) is 2.55. The molecule has 1 aromatic carbocycles. The maximum Gasteiger partial charge on any atom is 0.411 e. The van der Waals surface area contributed by atoms with Crippen LogP contribution in [0.1, 0.15) is 30.6 Å². The first-order valence-corrected chi connectivity index (χ1v) is 5.84. The SMILES string of the molecule is CCc1cccc(C(O)CCOCC(F)(F)F)c1. The normalized spacial score (nSPS) is 13.6. The molecule has 1 aromatic rings. The van der Waals surface area contributed by atoms with E-state index in [0.717, 1.165) is 12.0 Å². The summed E-state index contributed by atoms with van der Waals surface area (Å²) in [6.45, 7) is 0.615. The van der Waals surface area contributed by atoms with Crippen LogP contribution in [0.2, 0.25) is 0 Å². The second-order valence-electron chi connectivity index (χ2n) is 4.07. The number of hydrogen-bond acceptors (Lipinski definition) is 2. The summed E-state index contributed by atoms with van der Waals surface area (Å²) in [5.74, 6) is 0. The molecule has 0 aromatic heterocycles. The summed E-state index contributed by atoms with van der Waals surface area (Å²) in [6, 6.07) is 7.38. The highest BCUT2D eigenvalue weighted by molar-refractivity contribution is 5.25. The number of aryl methyl sites for hydroxylation is 1. The maximum absolute atomic E-state index is 11.8. The van der Waals surface area contributed by atoms with Crippen molar-refractivity contribution >= 4 is 0 Å². The van der Waals surface area contributed by atoms with E-state index < -0.39 is 18.9 Å². The van der Waals surface area contributed by atoms with Gasteiger partial charge in [-0.15, -0.1) is 0 Å². The molecule has 1 unspecified atom stereocenters. The Bertz CT molecular complexity index is 363. The summed E-state index contributed by atoms with van der Waals surface area (Å²) < 4.78 is 39.9. The van der Waals surface area contributed by atoms with Crippen molar-refractivity contribution in [2.75, 3.05) is 13.2 Å². The Balaban J connectivity index is 2.38. The van der Waals surface area contributed by atoms with Crippen LogP contribution in [0.4, 0.5) is 13.2 Å². The monoisotopic (exact) mass is 262 g/mol. The Morgan fingerprint density at radius 1 is 1.33 bits per heavy atom. The molecular weight excluding hydrogens is 245 g/mol. The van der Waals surface area contributed by atoms with Crippen molar-refractivity contribution in [1.82, 2.24) is 0 Å². The number of aliphatic hydroxyl groups is 1. The maximum atomic E-state index is 11.8. The van der Waals surface area contributed by atoms with E-state index in [1.807, 2.05) is 25.1 Å². The van der Waals surface area contributed by atoms with Crippen LogP contribution in [0.5, 0.6) is 0 Å². The van der Waals surface area contributed by atoms with Crippen LogP contribution in [0.25, 0.3) is 0 Å². The number of aliphatic hydroxyl groups excluding tert-OH is 1. The number of rotatable bonds is 6. The van der Waals surface area contributed by atoms with E-state index in [9.17, 15) is 18.3 Å². The van der Waals surface area contributed by atoms with Crippen LogP contribution < -0.4 is 0 Å². The molecule has 1 N–H and O–H groups in total. The number of hydrogen-bond donors (Lipinski definition) is 1. The van der Waals surface area contributed by atoms with E-state index in [1.165, 1.54) is 0 Å². The van der Waals surface area contributed by atoms with Crippen molar-refractivity contribution in [3.8, 4) is 0 Å². The van der Waals surface area contributed by atoms with Gasteiger partial charge >= 0.3 is 6.18 Å². The number of halogens is 3. The van der Waals surface area contributed by atoms with E-state index in [4.69, 9.17) is 0 Å². The van der Waals surface area contributed by atoms with Crippen molar-refractivity contribution in [1.29, 1.82) is 0 Å². The fourth-order valence-corrected chi connectivity index (χ4v) is 1.57. The second kappa shape index (κ2) is 6.75. The van der Waals surface area contributed by atoms with E-state index in [2.05, 4.69) is 4.74 Å². The highest BCUT2D eigenvalue weighted by atomic mass is 19.4. The fraction of sp³-hybridized carbons (Fsp3) is 0.538.